The third-order valence-electron chi connectivity index (χ3n) is 3.95. The molecule has 0 aliphatic heterocycles. The zero-order valence-electron chi connectivity index (χ0n) is 14.0. The lowest BCUT2D eigenvalue weighted by molar-refractivity contribution is 0.0953. The van der Waals surface area contributed by atoms with E-state index in [4.69, 9.17) is 9.47 Å². The van der Waals surface area contributed by atoms with E-state index in [0.717, 1.165) is 6.42 Å². The van der Waals surface area contributed by atoms with Gasteiger partial charge in [-0.05, 0) is 56.9 Å². The molecular weight excluding hydrogens is 402 g/mol. The molecule has 6 heteroatoms. The summed E-state index contributed by atoms with van der Waals surface area (Å²) in [6.45, 7) is 0.570. The molecule has 0 saturated carbocycles. The lowest BCUT2D eigenvalue weighted by Gasteiger charge is -2.11. The maximum Gasteiger partial charge on any atom is 0.251 e. The van der Waals surface area contributed by atoms with Gasteiger partial charge < -0.3 is 14.8 Å². The van der Waals surface area contributed by atoms with Crippen LogP contribution in [0.25, 0.3) is 10.1 Å². The Hall–Kier alpha value is -2.05. The first-order valence-electron chi connectivity index (χ1n) is 7.79. The normalized spacial score (nSPS) is 10.7. The second-order valence-corrected chi connectivity index (χ2v) is 7.16. The number of rotatable bonds is 6. The summed E-state index contributed by atoms with van der Waals surface area (Å²) in [5.41, 5.74) is 1.76. The van der Waals surface area contributed by atoms with Gasteiger partial charge in [0.1, 0.15) is 16.0 Å². The Labute approximate surface area is 158 Å². The Morgan fingerprint density at radius 1 is 1.16 bits per heavy atom. The fraction of sp³-hybridized carbons (Fsp3) is 0.211. The highest BCUT2D eigenvalue weighted by atomic mass is 79.9. The number of amides is 1. The molecule has 0 aliphatic rings. The number of hydrogen-bond donors (Lipinski definition) is 1. The Balaban J connectivity index is 1.68. The monoisotopic (exact) mass is 419 g/mol. The van der Waals surface area contributed by atoms with Crippen molar-refractivity contribution in [2.45, 2.75) is 6.42 Å². The van der Waals surface area contributed by atoms with Gasteiger partial charge in [-0.2, -0.15) is 0 Å². The maximum atomic E-state index is 12.4. The summed E-state index contributed by atoms with van der Waals surface area (Å²) in [7, 11) is 3.12. The molecule has 1 N–H and O–H groups in total. The first-order valence-corrected chi connectivity index (χ1v) is 9.46. The van der Waals surface area contributed by atoms with Crippen LogP contribution in [0.3, 0.4) is 0 Å². The highest BCUT2D eigenvalue weighted by molar-refractivity contribution is 9.10. The number of carbonyl (C=O) groups is 1. The highest BCUT2D eigenvalue weighted by Crippen LogP contribution is 2.35. The van der Waals surface area contributed by atoms with Crippen LogP contribution in [-0.4, -0.2) is 26.7 Å². The minimum atomic E-state index is -0.149. The molecule has 0 bridgehead atoms. The summed E-state index contributed by atoms with van der Waals surface area (Å²) < 4.78 is 12.5. The first-order chi connectivity index (χ1) is 12.1. The molecule has 130 valence electrons. The molecule has 4 nitrogen and oxygen atoms in total. The van der Waals surface area contributed by atoms with Crippen LogP contribution in [-0.2, 0) is 6.42 Å². The molecule has 0 unspecified atom stereocenters. The van der Waals surface area contributed by atoms with E-state index in [1.807, 2.05) is 12.1 Å². The van der Waals surface area contributed by atoms with E-state index >= 15 is 0 Å². The van der Waals surface area contributed by atoms with Gasteiger partial charge >= 0.3 is 0 Å². The zero-order valence-corrected chi connectivity index (χ0v) is 16.4. The number of halogens is 1. The van der Waals surface area contributed by atoms with Crippen molar-refractivity contribution in [3.63, 3.8) is 0 Å². The van der Waals surface area contributed by atoms with Gasteiger partial charge in [-0.25, -0.2) is 0 Å². The fourth-order valence-corrected chi connectivity index (χ4v) is 4.19. The van der Waals surface area contributed by atoms with E-state index in [1.54, 1.807) is 37.7 Å². The van der Waals surface area contributed by atoms with Crippen molar-refractivity contribution in [3.05, 3.63) is 57.4 Å². The third kappa shape index (κ3) is 3.80. The lowest BCUT2D eigenvalue weighted by atomic mass is 10.1. The zero-order chi connectivity index (χ0) is 17.8. The smallest absolute Gasteiger partial charge is 0.251 e. The SMILES string of the molecule is COc1cc(C(=O)NCCc2csc3ccccc23)cc(OC)c1Br. The molecule has 0 saturated heterocycles. The van der Waals surface area contributed by atoms with E-state index in [1.165, 1.54) is 15.6 Å². The molecular formula is C19H18BrNO3S. The number of ether oxygens (including phenoxy) is 2. The number of fused-ring (bicyclic) bond motifs is 1. The molecule has 3 aromatic rings. The van der Waals surface area contributed by atoms with Crippen molar-refractivity contribution >= 4 is 43.3 Å². The maximum absolute atomic E-state index is 12.4. The van der Waals surface area contributed by atoms with Gasteiger partial charge in [0, 0.05) is 16.8 Å². The van der Waals surface area contributed by atoms with Crippen molar-refractivity contribution in [1.82, 2.24) is 5.32 Å². The molecule has 25 heavy (non-hydrogen) atoms. The van der Waals surface area contributed by atoms with Crippen LogP contribution in [0.5, 0.6) is 11.5 Å². The second kappa shape index (κ2) is 7.89. The van der Waals surface area contributed by atoms with Crippen molar-refractivity contribution in [3.8, 4) is 11.5 Å². The summed E-state index contributed by atoms with van der Waals surface area (Å²) in [5, 5.41) is 6.38. The molecule has 0 fully saturated rings. The van der Waals surface area contributed by atoms with Crippen molar-refractivity contribution in [2.24, 2.45) is 0 Å². The van der Waals surface area contributed by atoms with Crippen LogP contribution >= 0.6 is 27.3 Å². The van der Waals surface area contributed by atoms with Gasteiger partial charge in [0.2, 0.25) is 0 Å². The highest BCUT2D eigenvalue weighted by Gasteiger charge is 2.14. The molecule has 0 atom stereocenters. The first kappa shape index (κ1) is 17.8. The van der Waals surface area contributed by atoms with E-state index in [9.17, 15) is 4.79 Å². The molecule has 0 radical (unpaired) electrons. The number of benzene rings is 2. The molecule has 1 aromatic heterocycles. The van der Waals surface area contributed by atoms with E-state index in [2.05, 4.69) is 38.8 Å². The Morgan fingerprint density at radius 3 is 2.52 bits per heavy atom. The molecule has 0 spiro atoms. The number of carbonyl (C=O) groups excluding carboxylic acids is 1. The average Bonchev–Trinajstić information content (AvgIpc) is 3.05. The standard InChI is InChI=1S/C19H18BrNO3S/c1-23-15-9-13(10-16(24-2)18(15)20)19(22)21-8-7-12-11-25-17-6-4-3-5-14(12)17/h3-6,9-11H,7-8H2,1-2H3,(H,21,22). The van der Waals surface area contributed by atoms with Gasteiger partial charge in [0.25, 0.3) is 5.91 Å². The van der Waals surface area contributed by atoms with Crippen LogP contribution < -0.4 is 14.8 Å². The van der Waals surface area contributed by atoms with Gasteiger partial charge in [-0.3, -0.25) is 4.79 Å². The van der Waals surface area contributed by atoms with Crippen molar-refractivity contribution < 1.29 is 14.3 Å². The molecule has 0 aliphatic carbocycles. The number of thiophene rings is 1. The number of nitrogens with one attached hydrogen (secondary N) is 1. The Kier molecular flexibility index (Phi) is 5.60. The topological polar surface area (TPSA) is 47.6 Å². The van der Waals surface area contributed by atoms with Gasteiger partial charge in [0.05, 0.1) is 14.2 Å². The van der Waals surface area contributed by atoms with Crippen LogP contribution in [0.4, 0.5) is 0 Å². The largest absolute Gasteiger partial charge is 0.495 e. The van der Waals surface area contributed by atoms with Gasteiger partial charge in [-0.1, -0.05) is 18.2 Å². The summed E-state index contributed by atoms with van der Waals surface area (Å²) in [6.07, 6.45) is 0.792. The Morgan fingerprint density at radius 2 is 1.84 bits per heavy atom. The minimum Gasteiger partial charge on any atom is -0.495 e. The van der Waals surface area contributed by atoms with Crippen molar-refractivity contribution in [2.75, 3.05) is 20.8 Å². The predicted octanol–water partition coefficient (Wildman–Crippen LogP) is 4.65. The van der Waals surface area contributed by atoms with Gasteiger partial charge in [-0.15, -0.1) is 11.3 Å². The number of hydrogen-bond acceptors (Lipinski definition) is 4. The molecule has 3 rings (SSSR count). The van der Waals surface area contributed by atoms with Crippen LogP contribution in [0.15, 0.2) is 46.3 Å². The third-order valence-corrected chi connectivity index (χ3v) is 5.74. The van der Waals surface area contributed by atoms with Crippen LogP contribution in [0.2, 0.25) is 0 Å². The molecule has 1 heterocycles. The predicted molar refractivity (Wildman–Crippen MR) is 105 cm³/mol. The van der Waals surface area contributed by atoms with Crippen LogP contribution in [0.1, 0.15) is 15.9 Å². The van der Waals surface area contributed by atoms with Crippen molar-refractivity contribution in [1.29, 1.82) is 0 Å². The quantitative estimate of drug-likeness (QED) is 0.632. The van der Waals surface area contributed by atoms with E-state index in [-0.39, 0.29) is 5.91 Å². The molecule has 1 amide bonds. The number of methoxy groups -OCH3 is 2. The summed E-state index contributed by atoms with van der Waals surface area (Å²) in [5.74, 6) is 0.977. The van der Waals surface area contributed by atoms with Gasteiger partial charge in [0.15, 0.2) is 0 Å². The summed E-state index contributed by atoms with van der Waals surface area (Å²) in [4.78, 5) is 12.4. The summed E-state index contributed by atoms with van der Waals surface area (Å²) >= 11 is 5.14. The Bertz CT molecular complexity index is 882. The summed E-state index contributed by atoms with van der Waals surface area (Å²) in [6, 6.07) is 11.7. The van der Waals surface area contributed by atoms with E-state index in [0.29, 0.717) is 28.1 Å². The second-order valence-electron chi connectivity index (χ2n) is 5.46. The average molecular weight is 420 g/mol. The molecule has 2 aromatic carbocycles. The lowest BCUT2D eigenvalue weighted by Crippen LogP contribution is -2.25. The minimum absolute atomic E-state index is 0.149. The van der Waals surface area contributed by atoms with E-state index < -0.39 is 0 Å². The van der Waals surface area contributed by atoms with Crippen LogP contribution in [0, 0.1) is 0 Å². The fourth-order valence-electron chi connectivity index (χ4n) is 2.64.